The zero-order valence-electron chi connectivity index (χ0n) is 10.8. The van der Waals surface area contributed by atoms with Gasteiger partial charge in [0.25, 0.3) is 0 Å². The van der Waals surface area contributed by atoms with E-state index in [1.807, 2.05) is 0 Å². The summed E-state index contributed by atoms with van der Waals surface area (Å²) >= 11 is 3.60. The number of pyridine rings is 1. The highest BCUT2D eigenvalue weighted by Crippen LogP contribution is 2.27. The molecule has 1 fully saturated rings. The van der Waals surface area contributed by atoms with Crippen LogP contribution in [0.4, 0.5) is 5.82 Å². The van der Waals surface area contributed by atoms with E-state index in [0.717, 1.165) is 42.0 Å². The van der Waals surface area contributed by atoms with Gasteiger partial charge in [0.15, 0.2) is 0 Å². The topological polar surface area (TPSA) is 28.2 Å². The second-order valence-electron chi connectivity index (χ2n) is 4.67. The van der Waals surface area contributed by atoms with Crippen LogP contribution in [0.2, 0.25) is 0 Å². The van der Waals surface area contributed by atoms with Crippen molar-refractivity contribution >= 4 is 45.1 Å². The van der Waals surface area contributed by atoms with Crippen molar-refractivity contribution in [2.75, 3.05) is 31.1 Å². The van der Waals surface area contributed by atoms with Gasteiger partial charge in [-0.3, -0.25) is 0 Å². The molecule has 102 valence electrons. The molecule has 0 bridgehead atoms. The molecule has 2 aromatic rings. The van der Waals surface area contributed by atoms with Crippen molar-refractivity contribution in [1.82, 2.24) is 10.3 Å². The minimum atomic E-state index is 0. The minimum absolute atomic E-state index is 0. The first-order chi connectivity index (χ1) is 8.75. The smallest absolute Gasteiger partial charge is 0.129 e. The van der Waals surface area contributed by atoms with Gasteiger partial charge in [-0.25, -0.2) is 4.98 Å². The number of piperazine rings is 1. The number of hydrogen-bond donors (Lipinski definition) is 1. The Balaban J connectivity index is 0.00000133. The molecule has 1 N–H and O–H groups in total. The first kappa shape index (κ1) is 14.6. The van der Waals surface area contributed by atoms with E-state index in [2.05, 4.69) is 57.3 Å². The summed E-state index contributed by atoms with van der Waals surface area (Å²) < 4.78 is 1.07. The molecule has 1 aliphatic rings. The molecule has 1 aromatic heterocycles. The second-order valence-corrected chi connectivity index (χ2v) is 5.52. The SMILES string of the molecule is Cc1cc(N2CCNCC2)nc2c(Br)cccc12.Cl. The summed E-state index contributed by atoms with van der Waals surface area (Å²) in [4.78, 5) is 7.16. The molecule has 5 heteroatoms. The van der Waals surface area contributed by atoms with Crippen LogP contribution < -0.4 is 10.2 Å². The molecule has 1 aromatic carbocycles. The summed E-state index contributed by atoms with van der Waals surface area (Å²) in [5, 5.41) is 4.59. The molecule has 2 heterocycles. The highest BCUT2D eigenvalue weighted by atomic mass is 79.9. The Morgan fingerprint density at radius 2 is 2.00 bits per heavy atom. The number of hydrogen-bond acceptors (Lipinski definition) is 3. The summed E-state index contributed by atoms with van der Waals surface area (Å²) in [6, 6.07) is 8.44. The van der Waals surface area contributed by atoms with Gasteiger partial charge in [0, 0.05) is 36.0 Å². The third-order valence-electron chi connectivity index (χ3n) is 3.42. The molecule has 0 atom stereocenters. The van der Waals surface area contributed by atoms with Crippen molar-refractivity contribution in [2.24, 2.45) is 0 Å². The van der Waals surface area contributed by atoms with Gasteiger partial charge in [-0.15, -0.1) is 12.4 Å². The van der Waals surface area contributed by atoms with Gasteiger partial charge in [-0.2, -0.15) is 0 Å². The largest absolute Gasteiger partial charge is 0.354 e. The van der Waals surface area contributed by atoms with E-state index in [9.17, 15) is 0 Å². The number of halogens is 2. The van der Waals surface area contributed by atoms with Crippen LogP contribution in [0, 0.1) is 6.92 Å². The Bertz CT molecular complexity index is 582. The van der Waals surface area contributed by atoms with Gasteiger partial charge in [0.05, 0.1) is 5.52 Å². The number of para-hydroxylation sites is 1. The maximum atomic E-state index is 4.81. The van der Waals surface area contributed by atoms with Crippen molar-refractivity contribution in [3.8, 4) is 0 Å². The monoisotopic (exact) mass is 341 g/mol. The average molecular weight is 343 g/mol. The van der Waals surface area contributed by atoms with E-state index in [1.165, 1.54) is 10.9 Å². The second kappa shape index (κ2) is 6.07. The number of aryl methyl sites for hydroxylation is 1. The van der Waals surface area contributed by atoms with E-state index in [-0.39, 0.29) is 12.4 Å². The van der Waals surface area contributed by atoms with Crippen LogP contribution >= 0.6 is 28.3 Å². The molecule has 3 nitrogen and oxygen atoms in total. The third kappa shape index (κ3) is 2.86. The Hall–Kier alpha value is -0.840. The Kier molecular flexibility index (Phi) is 4.66. The lowest BCUT2D eigenvalue weighted by molar-refractivity contribution is 0.585. The first-order valence-electron chi connectivity index (χ1n) is 6.27. The lowest BCUT2D eigenvalue weighted by atomic mass is 10.1. The van der Waals surface area contributed by atoms with Crippen molar-refractivity contribution in [3.63, 3.8) is 0 Å². The standard InChI is InChI=1S/C14H16BrN3.ClH/c1-10-9-13(18-7-5-16-6-8-18)17-14-11(10)3-2-4-12(14)15;/h2-4,9,16H,5-8H2,1H3;1H. The molecular formula is C14H17BrClN3. The maximum absolute atomic E-state index is 4.81. The van der Waals surface area contributed by atoms with Crippen LogP contribution in [0.5, 0.6) is 0 Å². The predicted octanol–water partition coefficient (Wildman–Crippen LogP) is 3.14. The van der Waals surface area contributed by atoms with E-state index < -0.39 is 0 Å². The predicted molar refractivity (Wildman–Crippen MR) is 86.5 cm³/mol. The zero-order valence-corrected chi connectivity index (χ0v) is 13.2. The number of aromatic nitrogens is 1. The number of fused-ring (bicyclic) bond motifs is 1. The average Bonchev–Trinajstić information content (AvgIpc) is 2.41. The lowest BCUT2D eigenvalue weighted by Gasteiger charge is -2.29. The highest BCUT2D eigenvalue weighted by molar-refractivity contribution is 9.10. The Morgan fingerprint density at radius 1 is 1.26 bits per heavy atom. The molecule has 19 heavy (non-hydrogen) atoms. The van der Waals surface area contributed by atoms with Gasteiger partial charge in [0.1, 0.15) is 5.82 Å². The van der Waals surface area contributed by atoms with Gasteiger partial charge >= 0.3 is 0 Å². The number of benzene rings is 1. The fraction of sp³-hybridized carbons (Fsp3) is 0.357. The first-order valence-corrected chi connectivity index (χ1v) is 7.06. The Labute approximate surface area is 127 Å². The van der Waals surface area contributed by atoms with Crippen LogP contribution in [0.3, 0.4) is 0 Å². The summed E-state index contributed by atoms with van der Waals surface area (Å²) in [6.07, 6.45) is 0. The summed E-state index contributed by atoms with van der Waals surface area (Å²) in [5.41, 5.74) is 2.35. The fourth-order valence-corrected chi connectivity index (χ4v) is 2.88. The molecule has 0 amide bonds. The van der Waals surface area contributed by atoms with Gasteiger partial charge in [-0.05, 0) is 40.5 Å². The van der Waals surface area contributed by atoms with Crippen molar-refractivity contribution in [1.29, 1.82) is 0 Å². The van der Waals surface area contributed by atoms with Crippen molar-refractivity contribution in [2.45, 2.75) is 6.92 Å². The van der Waals surface area contributed by atoms with Gasteiger partial charge in [0.2, 0.25) is 0 Å². The normalized spacial score (nSPS) is 15.4. The van der Waals surface area contributed by atoms with E-state index >= 15 is 0 Å². The molecule has 0 spiro atoms. The minimum Gasteiger partial charge on any atom is -0.354 e. The molecule has 1 saturated heterocycles. The third-order valence-corrected chi connectivity index (χ3v) is 4.06. The number of nitrogens with one attached hydrogen (secondary N) is 1. The summed E-state index contributed by atoms with van der Waals surface area (Å²) in [7, 11) is 0. The summed E-state index contributed by atoms with van der Waals surface area (Å²) in [5.74, 6) is 1.09. The maximum Gasteiger partial charge on any atom is 0.129 e. The highest BCUT2D eigenvalue weighted by Gasteiger charge is 2.13. The van der Waals surface area contributed by atoms with E-state index in [4.69, 9.17) is 4.98 Å². The van der Waals surface area contributed by atoms with E-state index in [0.29, 0.717) is 0 Å². The van der Waals surface area contributed by atoms with E-state index in [1.54, 1.807) is 0 Å². The van der Waals surface area contributed by atoms with Crippen LogP contribution in [0.1, 0.15) is 5.56 Å². The fourth-order valence-electron chi connectivity index (χ4n) is 2.42. The van der Waals surface area contributed by atoms with Crippen molar-refractivity contribution < 1.29 is 0 Å². The molecule has 1 aliphatic heterocycles. The van der Waals surface area contributed by atoms with Crippen LogP contribution in [0.15, 0.2) is 28.7 Å². The summed E-state index contributed by atoms with van der Waals surface area (Å²) in [6.45, 7) is 6.29. The molecule has 0 aliphatic carbocycles. The van der Waals surface area contributed by atoms with Crippen molar-refractivity contribution in [3.05, 3.63) is 34.3 Å². The number of rotatable bonds is 1. The Morgan fingerprint density at radius 3 is 2.74 bits per heavy atom. The molecule has 3 rings (SSSR count). The van der Waals surface area contributed by atoms with Crippen LogP contribution in [0.25, 0.3) is 10.9 Å². The number of nitrogens with zero attached hydrogens (tertiary/aromatic N) is 2. The number of anilines is 1. The van der Waals surface area contributed by atoms with Crippen LogP contribution in [-0.4, -0.2) is 31.2 Å². The quantitative estimate of drug-likeness (QED) is 0.863. The molecular weight excluding hydrogens is 326 g/mol. The lowest BCUT2D eigenvalue weighted by Crippen LogP contribution is -2.43. The van der Waals surface area contributed by atoms with Crippen LogP contribution in [-0.2, 0) is 0 Å². The molecule has 0 radical (unpaired) electrons. The zero-order chi connectivity index (χ0) is 12.5. The molecule has 0 saturated carbocycles. The van der Waals surface area contributed by atoms with Gasteiger partial charge in [-0.1, -0.05) is 12.1 Å². The van der Waals surface area contributed by atoms with Gasteiger partial charge < -0.3 is 10.2 Å². The molecule has 0 unspecified atom stereocenters.